The van der Waals surface area contributed by atoms with Crippen molar-refractivity contribution in [1.82, 2.24) is 0 Å². The molecule has 0 aromatic carbocycles. The average molecular weight is 744 g/mol. The molecule has 0 rings (SSSR count). The van der Waals surface area contributed by atoms with Gasteiger partial charge in [-0.1, -0.05) is 335 Å². The van der Waals surface area contributed by atoms with Crippen molar-refractivity contribution in [2.24, 2.45) is 5.92 Å². The van der Waals surface area contributed by atoms with E-state index in [4.69, 9.17) is 0 Å². The van der Waals surface area contributed by atoms with E-state index >= 15 is 0 Å². The Labute approximate surface area is 340 Å². The van der Waals surface area contributed by atoms with Crippen molar-refractivity contribution in [1.29, 1.82) is 0 Å². The molecule has 1 atom stereocenters. The fourth-order valence-corrected chi connectivity index (χ4v) is 8.76. The van der Waals surface area contributed by atoms with Crippen LogP contribution in [0.25, 0.3) is 0 Å². The van der Waals surface area contributed by atoms with E-state index in [0.717, 1.165) is 0 Å². The van der Waals surface area contributed by atoms with Crippen LogP contribution in [0, 0.1) is 12.8 Å². The second-order valence-electron chi connectivity index (χ2n) is 18.4. The first-order chi connectivity index (χ1) is 26.3. The highest BCUT2D eigenvalue weighted by Crippen LogP contribution is 2.20. The fourth-order valence-electron chi connectivity index (χ4n) is 8.76. The lowest BCUT2D eigenvalue weighted by atomic mass is 9.95. The highest BCUT2D eigenvalue weighted by atomic mass is 14.1. The van der Waals surface area contributed by atoms with E-state index in [1.165, 1.54) is 315 Å². The van der Waals surface area contributed by atoms with Crippen molar-refractivity contribution < 1.29 is 0 Å². The van der Waals surface area contributed by atoms with Crippen molar-refractivity contribution in [3.63, 3.8) is 0 Å². The number of hydrogen-bond donors (Lipinski definition) is 0. The summed E-state index contributed by atoms with van der Waals surface area (Å²) >= 11 is 0. The van der Waals surface area contributed by atoms with Crippen molar-refractivity contribution in [3.8, 4) is 0 Å². The molecule has 0 fully saturated rings. The topological polar surface area (TPSA) is 0 Å². The summed E-state index contributed by atoms with van der Waals surface area (Å²) in [5.41, 5.74) is 0. The van der Waals surface area contributed by atoms with E-state index < -0.39 is 0 Å². The summed E-state index contributed by atoms with van der Waals surface area (Å²) in [6.45, 7) is 9.12. The van der Waals surface area contributed by atoms with Crippen LogP contribution in [0.5, 0.6) is 0 Å². The van der Waals surface area contributed by atoms with Crippen LogP contribution in [0.15, 0.2) is 0 Å². The van der Waals surface area contributed by atoms with Gasteiger partial charge in [-0.2, -0.15) is 0 Å². The third-order valence-electron chi connectivity index (χ3n) is 12.7. The van der Waals surface area contributed by atoms with Crippen LogP contribution >= 0.6 is 0 Å². The summed E-state index contributed by atoms with van der Waals surface area (Å²) in [6, 6.07) is 0. The van der Waals surface area contributed by atoms with E-state index in [-0.39, 0.29) is 0 Å². The van der Waals surface area contributed by atoms with Gasteiger partial charge < -0.3 is 0 Å². The third kappa shape index (κ3) is 50.0. The minimum absolute atomic E-state index is 0.713. The predicted octanol–water partition coefficient (Wildman–Crippen LogP) is 20.6. The molecule has 1 radical (unpaired) electrons. The maximum Gasteiger partial charge on any atom is -0.0414 e. The molecule has 319 valence electrons. The van der Waals surface area contributed by atoms with Crippen molar-refractivity contribution >= 4 is 0 Å². The first-order valence-corrected chi connectivity index (χ1v) is 26.1. The maximum absolute atomic E-state index is 4.49. The normalized spacial score (nSPS) is 12.3. The summed E-state index contributed by atoms with van der Waals surface area (Å²) < 4.78 is 0. The van der Waals surface area contributed by atoms with Gasteiger partial charge in [-0.3, -0.25) is 0 Å². The lowest BCUT2D eigenvalue weighted by Gasteiger charge is -2.11. The van der Waals surface area contributed by atoms with Crippen LogP contribution in [-0.4, -0.2) is 0 Å². The number of rotatable bonds is 49. The molecule has 0 aliphatic carbocycles. The van der Waals surface area contributed by atoms with Crippen LogP contribution in [-0.2, 0) is 0 Å². The second-order valence-corrected chi connectivity index (χ2v) is 18.4. The van der Waals surface area contributed by atoms with Gasteiger partial charge in [0.1, 0.15) is 0 Å². The highest BCUT2D eigenvalue weighted by molar-refractivity contribution is 4.62. The van der Waals surface area contributed by atoms with Gasteiger partial charge in [0.15, 0.2) is 0 Å². The molecule has 0 N–H and O–H groups in total. The summed E-state index contributed by atoms with van der Waals surface area (Å²) in [7, 11) is 0. The van der Waals surface area contributed by atoms with Crippen molar-refractivity contribution in [2.45, 2.75) is 328 Å². The molecule has 0 heterocycles. The van der Waals surface area contributed by atoms with Crippen LogP contribution < -0.4 is 0 Å². The molecule has 0 heteroatoms. The fraction of sp³-hybridized carbons (Fsp3) is 0.981. The molecule has 1 unspecified atom stereocenters. The minimum Gasteiger partial charge on any atom is -0.0654 e. The van der Waals surface area contributed by atoms with Gasteiger partial charge >= 0.3 is 0 Å². The SMILES string of the molecule is [CH2]C(CCCCCCCCCCCCCCCCCCCCCCCCC)CCCCCCCCCCCCCCCCCCCCCCCCCC. The van der Waals surface area contributed by atoms with E-state index in [2.05, 4.69) is 20.8 Å². The molecule has 0 aromatic rings. The van der Waals surface area contributed by atoms with E-state index in [9.17, 15) is 0 Å². The molecule has 0 bridgehead atoms. The summed E-state index contributed by atoms with van der Waals surface area (Å²) in [4.78, 5) is 0. The van der Waals surface area contributed by atoms with Gasteiger partial charge in [0, 0.05) is 0 Å². The second kappa shape index (κ2) is 50.0. The summed E-state index contributed by atoms with van der Waals surface area (Å²) in [5, 5.41) is 0. The Balaban J connectivity index is 3.14. The summed E-state index contributed by atoms with van der Waals surface area (Å²) in [6.07, 6.45) is 72.0. The van der Waals surface area contributed by atoms with Crippen LogP contribution in [0.3, 0.4) is 0 Å². The first kappa shape index (κ1) is 53.0. The van der Waals surface area contributed by atoms with Crippen molar-refractivity contribution in [2.75, 3.05) is 0 Å². The Hall–Kier alpha value is 0. The Morgan fingerprint density at radius 2 is 0.302 bits per heavy atom. The molecule has 0 nitrogen and oxygen atoms in total. The zero-order valence-electron chi connectivity index (χ0n) is 37.9. The number of hydrogen-bond acceptors (Lipinski definition) is 0. The molecule has 0 aliphatic rings. The van der Waals surface area contributed by atoms with Gasteiger partial charge in [0.25, 0.3) is 0 Å². The van der Waals surface area contributed by atoms with Crippen molar-refractivity contribution in [3.05, 3.63) is 6.92 Å². The van der Waals surface area contributed by atoms with E-state index in [0.29, 0.717) is 5.92 Å². The first-order valence-electron chi connectivity index (χ1n) is 26.1. The molecule has 0 saturated heterocycles. The largest absolute Gasteiger partial charge is 0.0654 e. The lowest BCUT2D eigenvalue weighted by Crippen LogP contribution is -1.95. The van der Waals surface area contributed by atoms with Gasteiger partial charge in [-0.25, -0.2) is 0 Å². The van der Waals surface area contributed by atoms with Crippen LogP contribution in [0.2, 0.25) is 0 Å². The Bertz CT molecular complexity index is 593. The monoisotopic (exact) mass is 744 g/mol. The molecule has 0 spiro atoms. The van der Waals surface area contributed by atoms with Gasteiger partial charge in [0.05, 0.1) is 0 Å². The smallest absolute Gasteiger partial charge is 0.0414 e. The molecule has 0 amide bonds. The van der Waals surface area contributed by atoms with Crippen LogP contribution in [0.1, 0.15) is 328 Å². The van der Waals surface area contributed by atoms with Crippen LogP contribution in [0.4, 0.5) is 0 Å². The predicted molar refractivity (Wildman–Crippen MR) is 246 cm³/mol. The molecule has 0 aliphatic heterocycles. The number of unbranched alkanes of at least 4 members (excludes halogenated alkanes) is 45. The molecular weight excluding hydrogens is 637 g/mol. The zero-order chi connectivity index (χ0) is 38.2. The quantitative estimate of drug-likeness (QED) is 0.0544. The van der Waals surface area contributed by atoms with E-state index in [1.54, 1.807) is 0 Å². The third-order valence-corrected chi connectivity index (χ3v) is 12.7. The average Bonchev–Trinajstić information content (AvgIpc) is 3.16. The lowest BCUT2D eigenvalue weighted by molar-refractivity contribution is 0.459. The Kier molecular flexibility index (Phi) is 50.0. The van der Waals surface area contributed by atoms with Gasteiger partial charge in [-0.05, 0) is 5.92 Å². The molecule has 0 saturated carbocycles. The Morgan fingerprint density at radius 3 is 0.434 bits per heavy atom. The molecular formula is C53H107. The standard InChI is InChI=1S/C53H107/c1-4-6-8-10-12-14-16-18-20-22-24-26-28-30-32-34-36-38-40-42-44-46-48-50-52-53(3)51-49-47-45-43-41-39-37-35-33-31-29-27-25-23-21-19-17-15-13-11-9-7-5-2/h53H,3-52H2,1-2H3. The zero-order valence-corrected chi connectivity index (χ0v) is 37.9. The maximum atomic E-state index is 4.49. The van der Waals surface area contributed by atoms with Gasteiger partial charge in [0.2, 0.25) is 0 Å². The minimum atomic E-state index is 0.713. The van der Waals surface area contributed by atoms with E-state index in [1.807, 2.05) is 0 Å². The highest BCUT2D eigenvalue weighted by Gasteiger charge is 2.03. The Morgan fingerprint density at radius 1 is 0.189 bits per heavy atom. The molecule has 53 heavy (non-hydrogen) atoms. The molecule has 0 aromatic heterocycles. The summed E-state index contributed by atoms with van der Waals surface area (Å²) in [5.74, 6) is 0.713. The van der Waals surface area contributed by atoms with Gasteiger partial charge in [-0.15, -0.1) is 0 Å².